The van der Waals surface area contributed by atoms with Crippen LogP contribution in [0.5, 0.6) is 0 Å². The van der Waals surface area contributed by atoms with E-state index in [0.717, 1.165) is 12.1 Å². The molecular formula is C22H18F3N5O2. The number of rotatable bonds is 6. The smallest absolute Gasteiger partial charge is 0.395 e. The Morgan fingerprint density at radius 3 is 2.66 bits per heavy atom. The molecule has 0 saturated heterocycles. The molecule has 1 amide bonds. The van der Waals surface area contributed by atoms with Crippen molar-refractivity contribution in [3.8, 4) is 11.1 Å². The summed E-state index contributed by atoms with van der Waals surface area (Å²) in [6, 6.07) is 15.2. The fourth-order valence-electron chi connectivity index (χ4n) is 3.19. The Morgan fingerprint density at radius 1 is 1.06 bits per heavy atom. The van der Waals surface area contributed by atoms with Gasteiger partial charge in [-0.05, 0) is 48.0 Å². The quantitative estimate of drug-likeness (QED) is 0.422. The Bertz CT molecular complexity index is 1270. The lowest BCUT2D eigenvalue weighted by Gasteiger charge is -2.08. The second kappa shape index (κ2) is 8.67. The zero-order valence-corrected chi connectivity index (χ0v) is 16.6. The lowest BCUT2D eigenvalue weighted by atomic mass is 10.0. The first-order valence-corrected chi connectivity index (χ1v) is 9.64. The monoisotopic (exact) mass is 441 g/mol. The third-order valence-electron chi connectivity index (χ3n) is 4.64. The van der Waals surface area contributed by atoms with Crippen molar-refractivity contribution < 1.29 is 23.1 Å². The number of nitrogens with zero attached hydrogens (tertiary/aromatic N) is 3. The fraction of sp³-hybridized carbons (Fsp3) is 0.136. The van der Waals surface area contributed by atoms with Crippen LogP contribution in [0.1, 0.15) is 15.9 Å². The number of nitrogens with one attached hydrogen (secondary N) is 2. The number of benzene rings is 2. The van der Waals surface area contributed by atoms with Gasteiger partial charge in [0.25, 0.3) is 5.91 Å². The van der Waals surface area contributed by atoms with Crippen LogP contribution >= 0.6 is 0 Å². The van der Waals surface area contributed by atoms with Gasteiger partial charge >= 0.3 is 6.18 Å². The van der Waals surface area contributed by atoms with Gasteiger partial charge in [-0.25, -0.2) is 4.52 Å². The van der Waals surface area contributed by atoms with Gasteiger partial charge in [-0.3, -0.25) is 4.79 Å². The summed E-state index contributed by atoms with van der Waals surface area (Å²) in [6.07, 6.45) is -2.79. The minimum atomic E-state index is -4.45. The molecule has 4 aromatic rings. The summed E-state index contributed by atoms with van der Waals surface area (Å²) >= 11 is 0. The standard InChI is InChI=1S/C22H18F3N5O2/c23-22(24,25)16-6-2-7-17(13-16)27-21-28-19-18(8-3-10-30(19)29-21)14-4-1-5-15(12-14)20(32)26-9-11-31/h1-8,10,12-13,31H,9,11H2,(H,26,32)(H,27,29). The number of carbonyl (C=O) groups excluding carboxylic acids is 1. The lowest BCUT2D eigenvalue weighted by Crippen LogP contribution is -2.26. The first-order valence-electron chi connectivity index (χ1n) is 9.64. The summed E-state index contributed by atoms with van der Waals surface area (Å²) in [5, 5.41) is 18.6. The van der Waals surface area contributed by atoms with Gasteiger partial charge in [0.15, 0.2) is 5.65 Å². The SMILES string of the molecule is O=C(NCCO)c1cccc(-c2cccn3nc(Nc4cccc(C(F)(F)F)c4)nc23)c1. The second-order valence-corrected chi connectivity index (χ2v) is 6.89. The molecule has 7 nitrogen and oxygen atoms in total. The molecule has 0 aliphatic rings. The van der Waals surface area contributed by atoms with Crippen LogP contribution in [0, 0.1) is 0 Å². The van der Waals surface area contributed by atoms with Crippen LogP contribution in [0.2, 0.25) is 0 Å². The molecule has 0 spiro atoms. The van der Waals surface area contributed by atoms with E-state index in [-0.39, 0.29) is 30.7 Å². The zero-order valence-electron chi connectivity index (χ0n) is 16.6. The Kier molecular flexibility index (Phi) is 5.78. The van der Waals surface area contributed by atoms with E-state index < -0.39 is 11.7 Å². The van der Waals surface area contributed by atoms with Crippen LogP contribution in [-0.2, 0) is 6.18 Å². The van der Waals surface area contributed by atoms with Crippen LogP contribution in [-0.4, -0.2) is 38.8 Å². The van der Waals surface area contributed by atoms with Crippen molar-refractivity contribution in [2.75, 3.05) is 18.5 Å². The molecule has 2 heterocycles. The fourth-order valence-corrected chi connectivity index (χ4v) is 3.19. The van der Waals surface area contributed by atoms with Crippen molar-refractivity contribution in [2.45, 2.75) is 6.18 Å². The van der Waals surface area contributed by atoms with Gasteiger partial charge in [0.05, 0.1) is 12.2 Å². The summed E-state index contributed by atoms with van der Waals surface area (Å²) in [6.45, 7) is -0.0144. The topological polar surface area (TPSA) is 91.5 Å². The van der Waals surface area contributed by atoms with Crippen molar-refractivity contribution in [3.63, 3.8) is 0 Å². The molecule has 0 bridgehead atoms. The summed E-state index contributed by atoms with van der Waals surface area (Å²) in [5.74, 6) is -0.185. The number of aromatic nitrogens is 3. The lowest BCUT2D eigenvalue weighted by molar-refractivity contribution is -0.137. The molecule has 10 heteroatoms. The molecule has 2 aromatic carbocycles. The molecule has 4 rings (SSSR count). The summed E-state index contributed by atoms with van der Waals surface area (Å²) in [4.78, 5) is 16.6. The molecule has 0 aliphatic carbocycles. The number of carbonyl (C=O) groups is 1. The van der Waals surface area contributed by atoms with Gasteiger partial charge in [-0.15, -0.1) is 5.10 Å². The first kappa shape index (κ1) is 21.3. The predicted octanol–water partition coefficient (Wildman–Crippen LogP) is 3.88. The van der Waals surface area contributed by atoms with Crippen LogP contribution < -0.4 is 10.6 Å². The molecule has 0 atom stereocenters. The van der Waals surface area contributed by atoms with Gasteiger partial charge in [-0.2, -0.15) is 18.2 Å². The molecule has 2 aromatic heterocycles. The van der Waals surface area contributed by atoms with E-state index in [2.05, 4.69) is 20.7 Å². The van der Waals surface area contributed by atoms with E-state index in [1.807, 2.05) is 12.1 Å². The third kappa shape index (κ3) is 4.54. The van der Waals surface area contributed by atoms with E-state index >= 15 is 0 Å². The summed E-state index contributed by atoms with van der Waals surface area (Å²) in [5.41, 5.74) is 1.72. The Hall–Kier alpha value is -3.92. The molecule has 0 aliphatic heterocycles. The first-order chi connectivity index (χ1) is 15.3. The number of aliphatic hydroxyl groups excluding tert-OH is 1. The van der Waals surface area contributed by atoms with Gasteiger partial charge < -0.3 is 15.7 Å². The molecule has 164 valence electrons. The van der Waals surface area contributed by atoms with E-state index in [9.17, 15) is 18.0 Å². The van der Waals surface area contributed by atoms with Crippen molar-refractivity contribution in [1.82, 2.24) is 19.9 Å². The van der Waals surface area contributed by atoms with E-state index in [0.29, 0.717) is 22.3 Å². The highest BCUT2D eigenvalue weighted by molar-refractivity contribution is 5.96. The van der Waals surface area contributed by atoms with Crippen molar-refractivity contribution in [1.29, 1.82) is 0 Å². The van der Waals surface area contributed by atoms with Crippen molar-refractivity contribution >= 4 is 23.2 Å². The number of fused-ring (bicyclic) bond motifs is 1. The van der Waals surface area contributed by atoms with Gasteiger partial charge in [0, 0.05) is 29.6 Å². The maximum absolute atomic E-state index is 13.0. The second-order valence-electron chi connectivity index (χ2n) is 6.89. The highest BCUT2D eigenvalue weighted by Crippen LogP contribution is 2.31. The average molecular weight is 441 g/mol. The van der Waals surface area contributed by atoms with Crippen LogP contribution in [0.4, 0.5) is 24.8 Å². The maximum Gasteiger partial charge on any atom is 0.416 e. The maximum atomic E-state index is 13.0. The van der Waals surface area contributed by atoms with Crippen molar-refractivity contribution in [2.24, 2.45) is 0 Å². The number of aliphatic hydroxyl groups is 1. The van der Waals surface area contributed by atoms with Gasteiger partial charge in [0.1, 0.15) is 0 Å². The summed E-state index contributed by atoms with van der Waals surface area (Å²) in [7, 11) is 0. The van der Waals surface area contributed by atoms with E-state index in [1.165, 1.54) is 16.6 Å². The van der Waals surface area contributed by atoms with Crippen LogP contribution in [0.15, 0.2) is 66.9 Å². The minimum Gasteiger partial charge on any atom is -0.395 e. The van der Waals surface area contributed by atoms with Gasteiger partial charge in [-0.1, -0.05) is 18.2 Å². The number of amides is 1. The van der Waals surface area contributed by atoms with Crippen molar-refractivity contribution in [3.05, 3.63) is 78.0 Å². The number of hydrogen-bond acceptors (Lipinski definition) is 5. The molecule has 0 radical (unpaired) electrons. The number of alkyl halides is 3. The van der Waals surface area contributed by atoms with Gasteiger partial charge in [0.2, 0.25) is 5.95 Å². The average Bonchev–Trinajstić information content (AvgIpc) is 3.19. The molecular weight excluding hydrogens is 423 g/mol. The third-order valence-corrected chi connectivity index (χ3v) is 4.64. The number of hydrogen-bond donors (Lipinski definition) is 3. The molecule has 0 saturated carbocycles. The Morgan fingerprint density at radius 2 is 1.88 bits per heavy atom. The summed E-state index contributed by atoms with van der Waals surface area (Å²) < 4.78 is 40.4. The number of halogens is 3. The van der Waals surface area contributed by atoms with E-state index in [1.54, 1.807) is 30.5 Å². The normalized spacial score (nSPS) is 11.5. The highest BCUT2D eigenvalue weighted by Gasteiger charge is 2.30. The number of anilines is 2. The molecule has 3 N–H and O–H groups in total. The molecule has 0 fully saturated rings. The Labute approximate surface area is 180 Å². The van der Waals surface area contributed by atoms with Crippen LogP contribution in [0.3, 0.4) is 0 Å². The number of pyridine rings is 1. The Balaban J connectivity index is 1.66. The highest BCUT2D eigenvalue weighted by atomic mass is 19.4. The minimum absolute atomic E-state index is 0.133. The molecule has 0 unspecified atom stereocenters. The predicted molar refractivity (Wildman–Crippen MR) is 113 cm³/mol. The molecule has 32 heavy (non-hydrogen) atoms. The van der Waals surface area contributed by atoms with Crippen LogP contribution in [0.25, 0.3) is 16.8 Å². The zero-order chi connectivity index (χ0) is 22.7. The largest absolute Gasteiger partial charge is 0.416 e. The van der Waals surface area contributed by atoms with E-state index in [4.69, 9.17) is 5.11 Å².